The van der Waals surface area contributed by atoms with E-state index >= 15 is 0 Å². The minimum Gasteiger partial charge on any atom is -0.481 e. The van der Waals surface area contributed by atoms with Crippen LogP contribution < -0.4 is 0 Å². The molecule has 0 aliphatic heterocycles. The molecule has 0 saturated carbocycles. The molecule has 1 aromatic heterocycles. The van der Waals surface area contributed by atoms with E-state index in [-0.39, 0.29) is 11.8 Å². The van der Waals surface area contributed by atoms with Crippen molar-refractivity contribution in [1.82, 2.24) is 4.98 Å². The zero-order chi connectivity index (χ0) is 13.5. The highest BCUT2D eigenvalue weighted by molar-refractivity contribution is 5.88. The van der Waals surface area contributed by atoms with Crippen molar-refractivity contribution >= 4 is 16.9 Å². The van der Waals surface area contributed by atoms with Crippen LogP contribution in [0.3, 0.4) is 0 Å². The molecule has 2 N–H and O–H groups in total. The Kier molecular flexibility index (Phi) is 2.93. The standard InChI is InChI=1S/C15H19NO2/c1-9-10(2)16-14-11(9)6-5-7-12(14)15(3,4)8-13(17)18/h5-7,16H,8H2,1-4H3,(H,17,18). The van der Waals surface area contributed by atoms with Crippen molar-refractivity contribution in [2.45, 2.75) is 39.5 Å². The lowest BCUT2D eigenvalue weighted by Gasteiger charge is -2.23. The van der Waals surface area contributed by atoms with Gasteiger partial charge in [0.15, 0.2) is 0 Å². The van der Waals surface area contributed by atoms with E-state index in [4.69, 9.17) is 5.11 Å². The summed E-state index contributed by atoms with van der Waals surface area (Å²) in [6.45, 7) is 8.08. The lowest BCUT2D eigenvalue weighted by Crippen LogP contribution is -2.22. The molecule has 0 aliphatic carbocycles. The number of carboxylic acid groups (broad SMARTS) is 1. The van der Waals surface area contributed by atoms with Gasteiger partial charge in [0.1, 0.15) is 0 Å². The number of H-pyrrole nitrogens is 1. The van der Waals surface area contributed by atoms with Gasteiger partial charge >= 0.3 is 5.97 Å². The van der Waals surface area contributed by atoms with Gasteiger partial charge in [0, 0.05) is 22.0 Å². The number of fused-ring (bicyclic) bond motifs is 1. The molecule has 0 radical (unpaired) electrons. The Morgan fingerprint density at radius 1 is 1.33 bits per heavy atom. The molecule has 3 nitrogen and oxygen atoms in total. The summed E-state index contributed by atoms with van der Waals surface area (Å²) in [5.41, 5.74) is 4.13. The van der Waals surface area contributed by atoms with Gasteiger partial charge in [0.05, 0.1) is 6.42 Å². The van der Waals surface area contributed by atoms with E-state index in [2.05, 4.69) is 18.0 Å². The fraction of sp³-hybridized carbons (Fsp3) is 0.400. The summed E-state index contributed by atoms with van der Waals surface area (Å²) >= 11 is 0. The number of hydrogen-bond donors (Lipinski definition) is 2. The average Bonchev–Trinajstić information content (AvgIpc) is 2.53. The van der Waals surface area contributed by atoms with Crippen LogP contribution in [-0.4, -0.2) is 16.1 Å². The van der Waals surface area contributed by atoms with Crippen LogP contribution in [-0.2, 0) is 10.2 Å². The monoisotopic (exact) mass is 245 g/mol. The van der Waals surface area contributed by atoms with Crippen LogP contribution in [0, 0.1) is 13.8 Å². The van der Waals surface area contributed by atoms with Crippen molar-refractivity contribution in [3.8, 4) is 0 Å². The Labute approximate surface area is 107 Å². The second-order valence-corrected chi connectivity index (χ2v) is 5.56. The van der Waals surface area contributed by atoms with E-state index in [1.54, 1.807) is 0 Å². The van der Waals surface area contributed by atoms with Crippen molar-refractivity contribution in [2.75, 3.05) is 0 Å². The molecular formula is C15H19NO2. The molecule has 18 heavy (non-hydrogen) atoms. The number of nitrogens with one attached hydrogen (secondary N) is 1. The first-order chi connectivity index (χ1) is 8.33. The Bertz CT molecular complexity index is 608. The molecule has 0 atom stereocenters. The molecule has 2 rings (SSSR count). The van der Waals surface area contributed by atoms with E-state index in [9.17, 15) is 4.79 Å². The summed E-state index contributed by atoms with van der Waals surface area (Å²) in [6.07, 6.45) is 0.128. The van der Waals surface area contributed by atoms with Gasteiger partial charge in [-0.2, -0.15) is 0 Å². The third kappa shape index (κ3) is 2.01. The second-order valence-electron chi connectivity index (χ2n) is 5.56. The van der Waals surface area contributed by atoms with Gasteiger partial charge in [-0.05, 0) is 25.0 Å². The summed E-state index contributed by atoms with van der Waals surface area (Å²) in [5, 5.41) is 10.2. The molecular weight excluding hydrogens is 226 g/mol. The van der Waals surface area contributed by atoms with E-state index in [1.807, 2.05) is 32.9 Å². The van der Waals surface area contributed by atoms with Gasteiger partial charge in [0.2, 0.25) is 0 Å². The number of rotatable bonds is 3. The smallest absolute Gasteiger partial charge is 0.304 e. The minimum absolute atomic E-state index is 0.128. The molecule has 0 bridgehead atoms. The Morgan fingerprint density at radius 2 is 2.00 bits per heavy atom. The van der Waals surface area contributed by atoms with Gasteiger partial charge in [-0.15, -0.1) is 0 Å². The molecule has 0 spiro atoms. The summed E-state index contributed by atoms with van der Waals surface area (Å²) in [7, 11) is 0. The fourth-order valence-electron chi connectivity index (χ4n) is 2.52. The first kappa shape index (κ1) is 12.7. The maximum absolute atomic E-state index is 11.0. The van der Waals surface area contributed by atoms with Crippen LogP contribution in [0.5, 0.6) is 0 Å². The van der Waals surface area contributed by atoms with Gasteiger partial charge in [-0.3, -0.25) is 4.79 Å². The van der Waals surface area contributed by atoms with Crippen molar-refractivity contribution in [3.05, 3.63) is 35.0 Å². The van der Waals surface area contributed by atoms with Gasteiger partial charge in [0.25, 0.3) is 0 Å². The maximum Gasteiger partial charge on any atom is 0.304 e. The van der Waals surface area contributed by atoms with Crippen LogP contribution in [0.25, 0.3) is 10.9 Å². The maximum atomic E-state index is 11.0. The normalized spacial score (nSPS) is 12.0. The lowest BCUT2D eigenvalue weighted by molar-refractivity contribution is -0.138. The number of aliphatic carboxylic acids is 1. The molecule has 0 amide bonds. The summed E-state index contributed by atoms with van der Waals surface area (Å²) in [6, 6.07) is 6.09. The van der Waals surface area contributed by atoms with Crippen molar-refractivity contribution in [2.24, 2.45) is 0 Å². The lowest BCUT2D eigenvalue weighted by atomic mass is 9.80. The third-order valence-corrected chi connectivity index (χ3v) is 3.67. The average molecular weight is 245 g/mol. The molecule has 1 heterocycles. The number of aromatic nitrogens is 1. The first-order valence-corrected chi connectivity index (χ1v) is 6.13. The SMILES string of the molecule is Cc1[nH]c2c(C(C)(C)CC(=O)O)cccc2c1C. The largest absolute Gasteiger partial charge is 0.481 e. The molecule has 1 aromatic carbocycles. The zero-order valence-corrected chi connectivity index (χ0v) is 11.3. The predicted octanol–water partition coefficient (Wildman–Crippen LogP) is 3.54. The summed E-state index contributed by atoms with van der Waals surface area (Å²) < 4.78 is 0. The van der Waals surface area contributed by atoms with E-state index in [0.29, 0.717) is 0 Å². The van der Waals surface area contributed by atoms with Crippen molar-refractivity contribution in [1.29, 1.82) is 0 Å². The van der Waals surface area contributed by atoms with E-state index in [1.165, 1.54) is 10.9 Å². The van der Waals surface area contributed by atoms with Gasteiger partial charge in [-0.1, -0.05) is 32.0 Å². The minimum atomic E-state index is -0.767. The number of carboxylic acids is 1. The molecule has 0 fully saturated rings. The summed E-state index contributed by atoms with van der Waals surface area (Å²) in [4.78, 5) is 14.4. The molecule has 0 aliphatic rings. The van der Waals surface area contributed by atoms with Crippen LogP contribution in [0.2, 0.25) is 0 Å². The number of aryl methyl sites for hydroxylation is 2. The van der Waals surface area contributed by atoms with E-state index < -0.39 is 5.97 Å². The number of carbonyl (C=O) groups is 1. The zero-order valence-electron chi connectivity index (χ0n) is 11.3. The first-order valence-electron chi connectivity index (χ1n) is 6.13. The highest BCUT2D eigenvalue weighted by Gasteiger charge is 2.26. The highest BCUT2D eigenvalue weighted by Crippen LogP contribution is 2.34. The molecule has 3 heteroatoms. The Morgan fingerprint density at radius 3 is 2.61 bits per heavy atom. The van der Waals surface area contributed by atoms with E-state index in [0.717, 1.165) is 16.8 Å². The van der Waals surface area contributed by atoms with Crippen LogP contribution in [0.1, 0.15) is 37.1 Å². The number of aromatic amines is 1. The van der Waals surface area contributed by atoms with Gasteiger partial charge in [-0.25, -0.2) is 0 Å². The summed E-state index contributed by atoms with van der Waals surface area (Å²) in [5.74, 6) is -0.767. The Hall–Kier alpha value is -1.77. The second kappa shape index (κ2) is 4.16. The third-order valence-electron chi connectivity index (χ3n) is 3.67. The molecule has 2 aromatic rings. The van der Waals surface area contributed by atoms with Crippen LogP contribution >= 0.6 is 0 Å². The molecule has 0 unspecified atom stereocenters. The quantitative estimate of drug-likeness (QED) is 0.869. The highest BCUT2D eigenvalue weighted by atomic mass is 16.4. The van der Waals surface area contributed by atoms with Crippen LogP contribution in [0.15, 0.2) is 18.2 Å². The van der Waals surface area contributed by atoms with Crippen LogP contribution in [0.4, 0.5) is 0 Å². The molecule has 0 saturated heterocycles. The predicted molar refractivity (Wildman–Crippen MR) is 73.1 cm³/mol. The number of benzene rings is 1. The van der Waals surface area contributed by atoms with Crippen molar-refractivity contribution < 1.29 is 9.90 Å². The molecule has 96 valence electrons. The Balaban J connectivity index is 2.64. The van der Waals surface area contributed by atoms with Gasteiger partial charge < -0.3 is 10.1 Å². The number of hydrogen-bond acceptors (Lipinski definition) is 1. The topological polar surface area (TPSA) is 53.1 Å². The van der Waals surface area contributed by atoms with Crippen molar-refractivity contribution in [3.63, 3.8) is 0 Å². The fourth-order valence-corrected chi connectivity index (χ4v) is 2.52. The number of para-hydroxylation sites is 1.